The molecule has 5 nitrogen and oxygen atoms in total. The van der Waals surface area contributed by atoms with E-state index in [4.69, 9.17) is 9.47 Å². The molecule has 1 aromatic carbocycles. The number of ether oxygens (including phenoxy) is 2. The third kappa shape index (κ3) is 3.12. The SMILES string of the molecule is CCOC(=O)CN(C)C(=O)c1ccc2c(c1)COC2. The van der Waals surface area contributed by atoms with Crippen LogP contribution in [0.2, 0.25) is 0 Å². The van der Waals surface area contributed by atoms with Crippen molar-refractivity contribution in [3.05, 3.63) is 34.9 Å². The Balaban J connectivity index is 2.05. The van der Waals surface area contributed by atoms with Crippen LogP contribution in [0, 0.1) is 0 Å². The summed E-state index contributed by atoms with van der Waals surface area (Å²) >= 11 is 0. The number of carbonyl (C=O) groups is 2. The molecular formula is C14H17NO4. The maximum absolute atomic E-state index is 12.2. The highest BCUT2D eigenvalue weighted by molar-refractivity contribution is 5.96. The molecule has 19 heavy (non-hydrogen) atoms. The molecule has 0 radical (unpaired) electrons. The Labute approximate surface area is 112 Å². The average molecular weight is 263 g/mol. The summed E-state index contributed by atoms with van der Waals surface area (Å²) in [5, 5.41) is 0. The topological polar surface area (TPSA) is 55.8 Å². The van der Waals surface area contributed by atoms with Crippen molar-refractivity contribution in [1.29, 1.82) is 0 Å². The summed E-state index contributed by atoms with van der Waals surface area (Å²) in [4.78, 5) is 24.9. The summed E-state index contributed by atoms with van der Waals surface area (Å²) < 4.78 is 10.1. The Morgan fingerprint density at radius 3 is 2.79 bits per heavy atom. The minimum Gasteiger partial charge on any atom is -0.465 e. The van der Waals surface area contributed by atoms with Gasteiger partial charge >= 0.3 is 5.97 Å². The van der Waals surface area contributed by atoms with E-state index in [-0.39, 0.29) is 12.5 Å². The zero-order valence-corrected chi connectivity index (χ0v) is 11.1. The molecule has 102 valence electrons. The molecule has 1 amide bonds. The minimum absolute atomic E-state index is 0.0414. The third-order valence-corrected chi connectivity index (χ3v) is 2.99. The summed E-state index contributed by atoms with van der Waals surface area (Å²) in [5.74, 6) is -0.592. The van der Waals surface area contributed by atoms with Crippen LogP contribution in [0.5, 0.6) is 0 Å². The lowest BCUT2D eigenvalue weighted by Crippen LogP contribution is -2.33. The van der Waals surface area contributed by atoms with Gasteiger partial charge in [0.15, 0.2) is 0 Å². The van der Waals surface area contributed by atoms with Crippen molar-refractivity contribution in [2.45, 2.75) is 20.1 Å². The molecular weight excluding hydrogens is 246 g/mol. The predicted octanol–water partition coefficient (Wildman–Crippen LogP) is 1.35. The lowest BCUT2D eigenvalue weighted by Gasteiger charge is -2.16. The molecule has 0 saturated heterocycles. The standard InChI is InChI=1S/C14H17NO4/c1-3-19-13(16)7-15(2)14(17)10-4-5-11-8-18-9-12(11)6-10/h4-6H,3,7-9H2,1-2H3. The summed E-state index contributed by atoms with van der Waals surface area (Å²) in [6.45, 7) is 3.15. The van der Waals surface area contributed by atoms with Gasteiger partial charge in [0.2, 0.25) is 0 Å². The zero-order valence-electron chi connectivity index (χ0n) is 11.1. The van der Waals surface area contributed by atoms with Gasteiger partial charge in [0.25, 0.3) is 5.91 Å². The number of esters is 1. The monoisotopic (exact) mass is 263 g/mol. The molecule has 1 heterocycles. The molecule has 5 heteroatoms. The number of carbonyl (C=O) groups excluding carboxylic acids is 2. The highest BCUT2D eigenvalue weighted by Crippen LogP contribution is 2.21. The number of hydrogen-bond donors (Lipinski definition) is 0. The van der Waals surface area contributed by atoms with Crippen LogP contribution >= 0.6 is 0 Å². The predicted molar refractivity (Wildman–Crippen MR) is 68.5 cm³/mol. The lowest BCUT2D eigenvalue weighted by molar-refractivity contribution is -0.143. The van der Waals surface area contributed by atoms with Crippen molar-refractivity contribution >= 4 is 11.9 Å². The first-order chi connectivity index (χ1) is 9.11. The van der Waals surface area contributed by atoms with E-state index < -0.39 is 5.97 Å². The normalized spacial score (nSPS) is 12.9. The van der Waals surface area contributed by atoms with Crippen LogP contribution in [0.15, 0.2) is 18.2 Å². The van der Waals surface area contributed by atoms with E-state index in [0.29, 0.717) is 25.4 Å². The van der Waals surface area contributed by atoms with Gasteiger partial charge in [-0.15, -0.1) is 0 Å². The highest BCUT2D eigenvalue weighted by Gasteiger charge is 2.18. The first kappa shape index (κ1) is 13.5. The Hall–Kier alpha value is -1.88. The van der Waals surface area contributed by atoms with E-state index in [1.807, 2.05) is 12.1 Å². The van der Waals surface area contributed by atoms with Gasteiger partial charge in [-0.1, -0.05) is 6.07 Å². The van der Waals surface area contributed by atoms with Gasteiger partial charge in [-0.3, -0.25) is 9.59 Å². The van der Waals surface area contributed by atoms with Gasteiger partial charge < -0.3 is 14.4 Å². The largest absolute Gasteiger partial charge is 0.465 e. The van der Waals surface area contributed by atoms with E-state index in [0.717, 1.165) is 11.1 Å². The van der Waals surface area contributed by atoms with Crippen LogP contribution in [-0.2, 0) is 27.5 Å². The number of nitrogens with zero attached hydrogens (tertiary/aromatic N) is 1. The fourth-order valence-corrected chi connectivity index (χ4v) is 2.00. The van der Waals surface area contributed by atoms with Crippen molar-refractivity contribution < 1.29 is 19.1 Å². The maximum Gasteiger partial charge on any atom is 0.325 e. The van der Waals surface area contributed by atoms with Crippen molar-refractivity contribution in [2.75, 3.05) is 20.2 Å². The summed E-state index contributed by atoms with van der Waals surface area (Å²) in [7, 11) is 1.59. The number of rotatable bonds is 4. The Morgan fingerprint density at radius 2 is 2.05 bits per heavy atom. The number of fused-ring (bicyclic) bond motifs is 1. The van der Waals surface area contributed by atoms with Gasteiger partial charge in [0.05, 0.1) is 19.8 Å². The smallest absolute Gasteiger partial charge is 0.325 e. The first-order valence-corrected chi connectivity index (χ1v) is 6.22. The second kappa shape index (κ2) is 5.84. The number of amides is 1. The quantitative estimate of drug-likeness (QED) is 0.769. The van der Waals surface area contributed by atoms with E-state index in [2.05, 4.69) is 0 Å². The Bertz CT molecular complexity index is 498. The molecule has 1 aromatic rings. The highest BCUT2D eigenvalue weighted by atomic mass is 16.5. The van der Waals surface area contributed by atoms with Gasteiger partial charge in [-0.2, -0.15) is 0 Å². The van der Waals surface area contributed by atoms with Gasteiger partial charge in [-0.25, -0.2) is 0 Å². The lowest BCUT2D eigenvalue weighted by atomic mass is 10.1. The van der Waals surface area contributed by atoms with E-state index in [9.17, 15) is 9.59 Å². The number of likely N-dealkylation sites (N-methyl/N-ethyl adjacent to an activating group) is 1. The molecule has 0 aliphatic carbocycles. The summed E-state index contributed by atoms with van der Waals surface area (Å²) in [6, 6.07) is 5.48. The van der Waals surface area contributed by atoms with Crippen LogP contribution in [0.25, 0.3) is 0 Å². The summed E-state index contributed by atoms with van der Waals surface area (Å²) in [6.07, 6.45) is 0. The Kier molecular flexibility index (Phi) is 4.16. The maximum atomic E-state index is 12.2. The molecule has 0 fully saturated rings. The second-order valence-electron chi connectivity index (χ2n) is 4.44. The van der Waals surface area contributed by atoms with Crippen LogP contribution in [-0.4, -0.2) is 37.0 Å². The molecule has 1 aliphatic rings. The van der Waals surface area contributed by atoms with E-state index >= 15 is 0 Å². The van der Waals surface area contributed by atoms with Gasteiger partial charge in [0, 0.05) is 12.6 Å². The van der Waals surface area contributed by atoms with Crippen molar-refractivity contribution in [3.8, 4) is 0 Å². The number of benzene rings is 1. The molecule has 1 aliphatic heterocycles. The Morgan fingerprint density at radius 1 is 1.32 bits per heavy atom. The van der Waals surface area contributed by atoms with Crippen LogP contribution in [0.4, 0.5) is 0 Å². The van der Waals surface area contributed by atoms with Gasteiger partial charge in [0.1, 0.15) is 6.54 Å². The fraction of sp³-hybridized carbons (Fsp3) is 0.429. The van der Waals surface area contributed by atoms with Crippen LogP contribution < -0.4 is 0 Å². The van der Waals surface area contributed by atoms with Crippen LogP contribution in [0.3, 0.4) is 0 Å². The van der Waals surface area contributed by atoms with Crippen molar-refractivity contribution in [1.82, 2.24) is 4.90 Å². The molecule has 0 atom stereocenters. The molecule has 0 aromatic heterocycles. The molecule has 0 N–H and O–H groups in total. The molecule has 0 bridgehead atoms. The van der Waals surface area contributed by atoms with E-state index in [1.165, 1.54) is 4.90 Å². The van der Waals surface area contributed by atoms with Crippen LogP contribution in [0.1, 0.15) is 28.4 Å². The molecule has 0 spiro atoms. The average Bonchev–Trinajstić information content (AvgIpc) is 2.85. The molecule has 2 rings (SSSR count). The fourth-order valence-electron chi connectivity index (χ4n) is 2.00. The second-order valence-corrected chi connectivity index (χ2v) is 4.44. The zero-order chi connectivity index (χ0) is 13.8. The third-order valence-electron chi connectivity index (χ3n) is 2.99. The number of hydrogen-bond acceptors (Lipinski definition) is 4. The van der Waals surface area contributed by atoms with E-state index in [1.54, 1.807) is 20.0 Å². The minimum atomic E-state index is -0.400. The molecule has 0 unspecified atom stereocenters. The molecule has 0 saturated carbocycles. The summed E-state index contributed by atoms with van der Waals surface area (Å²) in [5.41, 5.74) is 2.72. The van der Waals surface area contributed by atoms with Gasteiger partial charge in [-0.05, 0) is 30.2 Å². The van der Waals surface area contributed by atoms with Crippen molar-refractivity contribution in [2.24, 2.45) is 0 Å². The first-order valence-electron chi connectivity index (χ1n) is 6.22. The van der Waals surface area contributed by atoms with Crippen molar-refractivity contribution in [3.63, 3.8) is 0 Å².